The van der Waals surface area contributed by atoms with Crippen LogP contribution in [0.2, 0.25) is 0 Å². The second-order valence-electron chi connectivity index (χ2n) is 16.9. The van der Waals surface area contributed by atoms with Gasteiger partial charge in [0, 0.05) is 116 Å². The molecule has 0 aliphatic carbocycles. The van der Waals surface area contributed by atoms with Crippen LogP contribution in [0, 0.1) is 5.92 Å². The molecule has 2 aliphatic rings. The fourth-order valence-electron chi connectivity index (χ4n) is 8.08. The van der Waals surface area contributed by atoms with Crippen molar-refractivity contribution in [2.24, 2.45) is 11.7 Å². The van der Waals surface area contributed by atoms with Gasteiger partial charge in [0.1, 0.15) is 19.2 Å². The van der Waals surface area contributed by atoms with Gasteiger partial charge in [0.05, 0.1) is 24.3 Å². The van der Waals surface area contributed by atoms with Gasteiger partial charge in [0.25, 0.3) is 0 Å². The fraction of sp³-hybridized carbons (Fsp3) is 0.523. The standard InChI is InChI=1S/C41H51BF3N13O8.C3H8.Y/c1-4-25-20-55(38(63)50-23-41(43,44)45)21-27(25)31-17-47-33-18-48-35-29(58(31)33)11-13-57(35)39(64)53(2)14-15-54(3)40(65)66-22-24-7-9-26(10-8-24)51-34(60)19-49-36(61)30-6-5-12-56(30)37(62)28(52-42)16-32(46)59;1-3-2;/h7-11,13,17-18,25,27-28,30,52H,4-6,12,14-16,19-23H2,1-3H3,(H2,46,59)(H,49,61)(H,50,63)(H,51,60);3H2,1-2H3;. The first-order valence-electron chi connectivity index (χ1n) is 22.6. The van der Waals surface area contributed by atoms with Crippen LogP contribution in [-0.2, 0) is 63.2 Å². The minimum Gasteiger partial charge on any atom is -0.445 e. The number of nitrogens with one attached hydrogen (secondary N) is 4. The number of benzene rings is 1. The molecule has 3 radical (unpaired) electrons. The second-order valence-corrected chi connectivity index (χ2v) is 16.9. The molecule has 0 spiro atoms. The summed E-state index contributed by atoms with van der Waals surface area (Å²) >= 11 is 0. The maximum absolute atomic E-state index is 13.7. The van der Waals surface area contributed by atoms with Gasteiger partial charge in [-0.05, 0) is 42.5 Å². The predicted octanol–water partition coefficient (Wildman–Crippen LogP) is 2.93. The topological polar surface area (TPSA) is 251 Å². The number of amides is 8. The Bertz CT molecular complexity index is 2480. The van der Waals surface area contributed by atoms with Crippen LogP contribution in [0.15, 0.2) is 48.9 Å². The van der Waals surface area contributed by atoms with Crippen molar-refractivity contribution in [3.05, 3.63) is 60.2 Å². The summed E-state index contributed by atoms with van der Waals surface area (Å²) in [6, 6.07) is 5.05. The van der Waals surface area contributed by atoms with Crippen molar-refractivity contribution in [1.82, 2.24) is 54.4 Å². The number of ether oxygens (including phenoxy) is 1. The van der Waals surface area contributed by atoms with Crippen LogP contribution in [0.1, 0.15) is 70.1 Å². The third kappa shape index (κ3) is 14.6. The molecule has 26 heteroatoms. The maximum Gasteiger partial charge on any atom is 0.409 e. The van der Waals surface area contributed by atoms with Crippen LogP contribution in [0.4, 0.5) is 33.2 Å². The van der Waals surface area contributed by atoms with Crippen molar-refractivity contribution in [3.63, 3.8) is 0 Å². The Balaban J connectivity index is 0.00000260. The molecule has 6 N–H and O–H groups in total. The van der Waals surface area contributed by atoms with Gasteiger partial charge >= 0.3 is 24.3 Å². The average molecular weight is 1050 g/mol. The Morgan fingerprint density at radius 2 is 1.64 bits per heavy atom. The third-order valence-electron chi connectivity index (χ3n) is 11.7. The van der Waals surface area contributed by atoms with Crippen molar-refractivity contribution in [2.45, 2.75) is 83.7 Å². The number of hydrogen-bond acceptors (Lipinski definition) is 11. The van der Waals surface area contributed by atoms with Gasteiger partial charge in [-0.15, -0.1) is 0 Å². The molecule has 2 aliphatic heterocycles. The summed E-state index contributed by atoms with van der Waals surface area (Å²) < 4.78 is 47.0. The molecule has 8 amide bonds. The van der Waals surface area contributed by atoms with E-state index in [-0.39, 0.29) is 96.8 Å². The molecule has 4 aromatic rings. The Hall–Kier alpha value is -5.81. The number of carbonyl (C=O) groups is 7. The molecule has 375 valence electrons. The predicted molar refractivity (Wildman–Crippen MR) is 248 cm³/mol. The second kappa shape index (κ2) is 25.9. The molecule has 0 saturated carbocycles. The number of nitrogens with two attached hydrogens (primary N) is 1. The number of rotatable bonds is 16. The molecule has 21 nitrogen and oxygen atoms in total. The summed E-state index contributed by atoms with van der Waals surface area (Å²) in [6.45, 7) is 5.29. The summed E-state index contributed by atoms with van der Waals surface area (Å²) in [5.74, 6) is -2.63. The molecule has 4 atom stereocenters. The molecule has 0 bridgehead atoms. The van der Waals surface area contributed by atoms with E-state index in [0.29, 0.717) is 47.3 Å². The number of urea groups is 1. The number of primary amides is 1. The Morgan fingerprint density at radius 3 is 2.29 bits per heavy atom. The van der Waals surface area contributed by atoms with Crippen LogP contribution >= 0.6 is 0 Å². The van der Waals surface area contributed by atoms with Gasteiger partial charge in [0.2, 0.25) is 23.6 Å². The number of likely N-dealkylation sites (N-methyl/N-ethyl adjacent to an activating group) is 2. The molecule has 6 rings (SSSR count). The molecule has 1 aromatic carbocycles. The molecule has 2 saturated heterocycles. The average Bonchev–Trinajstić information content (AvgIpc) is 4.15. The number of alkyl halides is 3. The zero-order chi connectivity index (χ0) is 50.6. The van der Waals surface area contributed by atoms with E-state index >= 15 is 0 Å². The SMILES string of the molecule is CCC.[B]NC(CC(N)=O)C(=O)N1CCCC1C(=O)NCC(=O)Nc1ccc(COC(=O)N(C)CCN(C)C(=O)n2ccc3c2ncc2ncc(C4CN(C(=O)NCC(F)(F)F)CC4CC)n23)cc1.[Y]. The van der Waals surface area contributed by atoms with Gasteiger partial charge in [-0.2, -0.15) is 13.2 Å². The molecule has 70 heavy (non-hydrogen) atoms. The van der Waals surface area contributed by atoms with Crippen LogP contribution in [0.25, 0.3) is 16.8 Å². The number of likely N-dealkylation sites (tertiary alicyclic amines) is 2. The minimum atomic E-state index is -4.53. The third-order valence-corrected chi connectivity index (χ3v) is 11.7. The van der Waals surface area contributed by atoms with Crippen molar-refractivity contribution >= 4 is 72.3 Å². The summed E-state index contributed by atoms with van der Waals surface area (Å²) in [7, 11) is 8.51. The van der Waals surface area contributed by atoms with Gasteiger partial charge in [-0.1, -0.05) is 45.7 Å². The minimum absolute atomic E-state index is 0. The number of nitrogens with zero attached hydrogens (tertiary/aromatic N) is 8. The monoisotopic (exact) mass is 1050 g/mol. The van der Waals surface area contributed by atoms with Gasteiger partial charge in [-0.3, -0.25) is 28.1 Å². The van der Waals surface area contributed by atoms with E-state index in [1.165, 1.54) is 43.8 Å². The molecule has 4 unspecified atom stereocenters. The first kappa shape index (κ1) is 56.8. The number of anilines is 1. The Morgan fingerprint density at radius 1 is 0.957 bits per heavy atom. The van der Waals surface area contributed by atoms with E-state index in [2.05, 4.69) is 39.7 Å². The largest absolute Gasteiger partial charge is 0.445 e. The normalized spacial score (nSPS) is 16.9. The van der Waals surface area contributed by atoms with Crippen molar-refractivity contribution < 1.29 is 84.2 Å². The number of aromatic nitrogens is 4. The fourth-order valence-corrected chi connectivity index (χ4v) is 8.08. The number of imidazole rings is 1. The molecule has 5 heterocycles. The van der Waals surface area contributed by atoms with Gasteiger partial charge in [-0.25, -0.2) is 24.4 Å². The number of carbonyl (C=O) groups excluding carboxylic acids is 7. The first-order chi connectivity index (χ1) is 32.8. The summed E-state index contributed by atoms with van der Waals surface area (Å²) in [6.07, 6.45) is 2.05. The van der Waals surface area contributed by atoms with E-state index in [4.69, 9.17) is 18.5 Å². The summed E-state index contributed by atoms with van der Waals surface area (Å²) in [5, 5.41) is 9.40. The van der Waals surface area contributed by atoms with Crippen LogP contribution in [-0.4, -0.2) is 166 Å². The molecular formula is C44H59BF3N13O8Y. The van der Waals surface area contributed by atoms with Crippen LogP contribution in [0.5, 0.6) is 0 Å². The number of hydrogen-bond donors (Lipinski definition) is 5. The summed E-state index contributed by atoms with van der Waals surface area (Å²) in [4.78, 5) is 103. The quantitative estimate of drug-likeness (QED) is 0.102. The van der Waals surface area contributed by atoms with Gasteiger partial charge in [0.15, 0.2) is 19.3 Å². The number of halogens is 3. The molecular weight excluding hydrogens is 995 g/mol. The van der Waals surface area contributed by atoms with Gasteiger partial charge < -0.3 is 51.2 Å². The van der Waals surface area contributed by atoms with E-state index in [1.807, 2.05) is 16.6 Å². The zero-order valence-electron chi connectivity index (χ0n) is 39.8. The smallest absolute Gasteiger partial charge is 0.409 e. The van der Waals surface area contributed by atoms with Crippen molar-refractivity contribution in [3.8, 4) is 0 Å². The molecule has 3 aromatic heterocycles. The Labute approximate surface area is 429 Å². The van der Waals surface area contributed by atoms with Crippen LogP contribution < -0.4 is 26.9 Å². The van der Waals surface area contributed by atoms with E-state index in [1.54, 1.807) is 49.8 Å². The zero-order valence-corrected chi connectivity index (χ0v) is 42.7. The van der Waals surface area contributed by atoms with E-state index in [9.17, 15) is 46.7 Å². The van der Waals surface area contributed by atoms with E-state index < -0.39 is 66.6 Å². The first-order valence-corrected chi connectivity index (χ1v) is 22.6. The van der Waals surface area contributed by atoms with Crippen molar-refractivity contribution in [1.29, 1.82) is 0 Å². The maximum atomic E-state index is 13.7. The van der Waals surface area contributed by atoms with Crippen LogP contribution in [0.3, 0.4) is 0 Å². The summed E-state index contributed by atoms with van der Waals surface area (Å²) in [5.41, 5.74) is 8.36. The van der Waals surface area contributed by atoms with Crippen molar-refractivity contribution in [2.75, 3.05) is 65.2 Å². The van der Waals surface area contributed by atoms with E-state index in [0.717, 1.165) is 5.69 Å². The number of fused-ring (bicyclic) bond motifs is 3. The Kier molecular flexibility index (Phi) is 21.0. The molecule has 2 fully saturated rings.